The van der Waals surface area contributed by atoms with Crippen LogP contribution in [0.4, 0.5) is 5.69 Å². The van der Waals surface area contributed by atoms with Crippen LogP contribution in [0.15, 0.2) is 72.3 Å². The molecule has 1 saturated heterocycles. The number of anilines is 1. The lowest BCUT2D eigenvalue weighted by Gasteiger charge is -2.27. The van der Waals surface area contributed by atoms with Crippen molar-refractivity contribution in [2.45, 2.75) is 46.8 Å². The summed E-state index contributed by atoms with van der Waals surface area (Å²) in [5.41, 5.74) is 4.72. The molecule has 34 heavy (non-hydrogen) atoms. The van der Waals surface area contributed by atoms with E-state index in [9.17, 15) is 14.7 Å². The van der Waals surface area contributed by atoms with E-state index < -0.39 is 17.7 Å². The number of benzene rings is 3. The van der Waals surface area contributed by atoms with Crippen LogP contribution < -0.4 is 9.64 Å². The molecule has 0 bridgehead atoms. The van der Waals surface area contributed by atoms with Gasteiger partial charge in [0.1, 0.15) is 11.5 Å². The van der Waals surface area contributed by atoms with E-state index >= 15 is 0 Å². The van der Waals surface area contributed by atoms with Crippen molar-refractivity contribution in [1.29, 1.82) is 0 Å². The van der Waals surface area contributed by atoms with Gasteiger partial charge >= 0.3 is 0 Å². The van der Waals surface area contributed by atoms with Crippen LogP contribution in [0.1, 0.15) is 47.7 Å². The van der Waals surface area contributed by atoms with Crippen molar-refractivity contribution in [3.8, 4) is 5.75 Å². The van der Waals surface area contributed by atoms with E-state index in [1.54, 1.807) is 18.2 Å². The van der Waals surface area contributed by atoms with Crippen LogP contribution in [0.25, 0.3) is 5.76 Å². The number of carbonyl (C=O) groups excluding carboxylic acids is 2. The molecular formula is C29H29NO4. The Morgan fingerprint density at radius 2 is 1.62 bits per heavy atom. The Balaban J connectivity index is 1.90. The summed E-state index contributed by atoms with van der Waals surface area (Å²) in [6.45, 7) is 9.68. The van der Waals surface area contributed by atoms with Gasteiger partial charge in [-0.05, 0) is 75.6 Å². The fourth-order valence-electron chi connectivity index (χ4n) is 4.45. The van der Waals surface area contributed by atoms with Gasteiger partial charge in [-0.3, -0.25) is 14.5 Å². The van der Waals surface area contributed by atoms with Gasteiger partial charge in [-0.1, -0.05) is 48.0 Å². The number of hydrogen-bond acceptors (Lipinski definition) is 4. The summed E-state index contributed by atoms with van der Waals surface area (Å²) in [5.74, 6) is -0.842. The van der Waals surface area contributed by atoms with Crippen molar-refractivity contribution in [1.82, 2.24) is 0 Å². The van der Waals surface area contributed by atoms with E-state index in [1.807, 2.05) is 83.1 Å². The van der Waals surface area contributed by atoms with Crippen molar-refractivity contribution in [3.63, 3.8) is 0 Å². The second-order valence-corrected chi connectivity index (χ2v) is 9.02. The van der Waals surface area contributed by atoms with Crippen molar-refractivity contribution in [3.05, 3.63) is 100 Å². The highest BCUT2D eigenvalue weighted by Gasteiger charge is 2.47. The zero-order valence-electron chi connectivity index (χ0n) is 20.1. The first-order chi connectivity index (χ1) is 16.2. The summed E-state index contributed by atoms with van der Waals surface area (Å²) in [6.07, 6.45) is 0.0132. The molecule has 0 saturated carbocycles. The van der Waals surface area contributed by atoms with Crippen molar-refractivity contribution in [2.75, 3.05) is 4.90 Å². The van der Waals surface area contributed by atoms with Gasteiger partial charge < -0.3 is 9.84 Å². The maximum absolute atomic E-state index is 13.3. The van der Waals surface area contributed by atoms with Gasteiger partial charge in [0.2, 0.25) is 0 Å². The number of ketones is 1. The van der Waals surface area contributed by atoms with Gasteiger partial charge in [0.25, 0.3) is 11.7 Å². The standard InChI is InChI=1S/C29H29NO4/c1-17(2)34-24-14-12-22(16-20(24)5)27(31)25-26(21-9-7-6-8-10-21)30(29(33)28(25)32)23-13-11-18(3)15-19(23)4/h6-17,26,31H,1-5H3/b27-25+. The summed E-state index contributed by atoms with van der Waals surface area (Å²) in [4.78, 5) is 28.2. The number of aryl methyl sites for hydroxylation is 3. The molecular weight excluding hydrogens is 426 g/mol. The second-order valence-electron chi connectivity index (χ2n) is 9.02. The van der Waals surface area contributed by atoms with E-state index in [0.29, 0.717) is 17.0 Å². The molecule has 0 aromatic heterocycles. The first-order valence-electron chi connectivity index (χ1n) is 11.4. The Hall–Kier alpha value is -3.86. The largest absolute Gasteiger partial charge is 0.507 e. The Morgan fingerprint density at radius 1 is 0.912 bits per heavy atom. The van der Waals surface area contributed by atoms with Crippen LogP contribution in [0.5, 0.6) is 5.75 Å². The lowest BCUT2D eigenvalue weighted by molar-refractivity contribution is -0.132. The van der Waals surface area contributed by atoms with E-state index in [0.717, 1.165) is 22.3 Å². The van der Waals surface area contributed by atoms with Crippen LogP contribution in [0, 0.1) is 20.8 Å². The molecule has 5 heteroatoms. The fraction of sp³-hybridized carbons (Fsp3) is 0.241. The molecule has 1 N–H and O–H groups in total. The highest BCUT2D eigenvalue weighted by atomic mass is 16.5. The minimum atomic E-state index is -0.741. The summed E-state index contributed by atoms with van der Waals surface area (Å²) in [6, 6.07) is 19.6. The molecule has 1 aliphatic heterocycles. The monoisotopic (exact) mass is 455 g/mol. The number of amides is 1. The molecule has 1 aliphatic rings. The maximum atomic E-state index is 13.3. The number of carbonyl (C=O) groups is 2. The maximum Gasteiger partial charge on any atom is 0.300 e. The Kier molecular flexibility index (Phi) is 6.29. The van der Waals surface area contributed by atoms with Crippen LogP contribution in [0.3, 0.4) is 0 Å². The quantitative estimate of drug-likeness (QED) is 0.290. The van der Waals surface area contributed by atoms with E-state index in [-0.39, 0.29) is 17.4 Å². The van der Waals surface area contributed by atoms with Crippen LogP contribution in [-0.2, 0) is 9.59 Å². The van der Waals surface area contributed by atoms with Gasteiger partial charge in [-0.2, -0.15) is 0 Å². The van der Waals surface area contributed by atoms with Crippen molar-refractivity contribution in [2.24, 2.45) is 0 Å². The third-order valence-electron chi connectivity index (χ3n) is 5.98. The molecule has 0 aliphatic carbocycles. The summed E-state index contributed by atoms with van der Waals surface area (Å²) in [7, 11) is 0. The zero-order valence-corrected chi connectivity index (χ0v) is 20.1. The van der Waals surface area contributed by atoms with E-state index in [4.69, 9.17) is 4.74 Å². The van der Waals surface area contributed by atoms with Crippen molar-refractivity contribution < 1.29 is 19.4 Å². The summed E-state index contributed by atoms with van der Waals surface area (Å²) >= 11 is 0. The summed E-state index contributed by atoms with van der Waals surface area (Å²) < 4.78 is 5.80. The van der Waals surface area contributed by atoms with E-state index in [2.05, 4.69) is 0 Å². The third kappa shape index (κ3) is 4.21. The van der Waals surface area contributed by atoms with Gasteiger partial charge in [0.15, 0.2) is 0 Å². The molecule has 4 rings (SSSR count). The van der Waals surface area contributed by atoms with Crippen LogP contribution >= 0.6 is 0 Å². The van der Waals surface area contributed by atoms with Gasteiger partial charge in [0, 0.05) is 11.3 Å². The number of aliphatic hydroxyl groups excluding tert-OH is 1. The van der Waals surface area contributed by atoms with Crippen LogP contribution in [0.2, 0.25) is 0 Å². The molecule has 0 spiro atoms. The SMILES string of the molecule is Cc1ccc(N2C(=O)C(=O)/C(=C(/O)c3ccc(OC(C)C)c(C)c3)C2c2ccccc2)c(C)c1. The lowest BCUT2D eigenvalue weighted by Crippen LogP contribution is -2.30. The average molecular weight is 456 g/mol. The predicted octanol–water partition coefficient (Wildman–Crippen LogP) is 6.03. The molecule has 174 valence electrons. The topological polar surface area (TPSA) is 66.8 Å². The Labute approximate surface area is 200 Å². The first-order valence-corrected chi connectivity index (χ1v) is 11.4. The molecule has 0 radical (unpaired) electrons. The zero-order chi connectivity index (χ0) is 24.6. The molecule has 1 fully saturated rings. The smallest absolute Gasteiger partial charge is 0.300 e. The van der Waals surface area contributed by atoms with Gasteiger partial charge in [-0.25, -0.2) is 0 Å². The van der Waals surface area contributed by atoms with Crippen LogP contribution in [-0.4, -0.2) is 22.9 Å². The Bertz CT molecular complexity index is 1290. The number of ether oxygens (including phenoxy) is 1. The van der Waals surface area contributed by atoms with Gasteiger partial charge in [-0.15, -0.1) is 0 Å². The second kappa shape index (κ2) is 9.18. The van der Waals surface area contributed by atoms with Gasteiger partial charge in [0.05, 0.1) is 17.7 Å². The number of aliphatic hydroxyl groups is 1. The molecule has 5 nitrogen and oxygen atoms in total. The number of nitrogens with zero attached hydrogens (tertiary/aromatic N) is 1. The number of Topliss-reactive ketones (excluding diaryl/α,β-unsaturated/α-hetero) is 1. The Morgan fingerprint density at radius 3 is 2.24 bits per heavy atom. The molecule has 1 heterocycles. The average Bonchev–Trinajstić information content (AvgIpc) is 3.05. The van der Waals surface area contributed by atoms with E-state index in [1.165, 1.54) is 4.90 Å². The highest BCUT2D eigenvalue weighted by Crippen LogP contribution is 2.43. The normalized spacial score (nSPS) is 17.5. The highest BCUT2D eigenvalue weighted by molar-refractivity contribution is 6.51. The number of rotatable bonds is 5. The molecule has 1 amide bonds. The lowest BCUT2D eigenvalue weighted by atomic mass is 9.94. The molecule has 3 aromatic rings. The van der Waals surface area contributed by atoms with Crippen molar-refractivity contribution >= 4 is 23.1 Å². The minimum Gasteiger partial charge on any atom is -0.507 e. The first kappa shape index (κ1) is 23.3. The number of hydrogen-bond donors (Lipinski definition) is 1. The fourth-order valence-corrected chi connectivity index (χ4v) is 4.45. The molecule has 1 atom stereocenters. The molecule has 3 aromatic carbocycles. The minimum absolute atomic E-state index is 0.0132. The third-order valence-corrected chi connectivity index (χ3v) is 5.98. The predicted molar refractivity (Wildman–Crippen MR) is 134 cm³/mol. The molecule has 1 unspecified atom stereocenters. The summed E-state index contributed by atoms with van der Waals surface area (Å²) in [5, 5.41) is 11.4.